The molecule has 22 heavy (non-hydrogen) atoms. The molecule has 2 rings (SSSR count). The van der Waals surface area contributed by atoms with Crippen molar-refractivity contribution in [1.29, 1.82) is 0 Å². The monoisotopic (exact) mass is 317 g/mol. The highest BCUT2D eigenvalue weighted by atomic mass is 32.2. The molecule has 112 valence electrons. The van der Waals surface area contributed by atoms with Gasteiger partial charge in [0.05, 0.1) is 16.9 Å². The van der Waals surface area contributed by atoms with Gasteiger partial charge >= 0.3 is 0 Å². The van der Waals surface area contributed by atoms with E-state index in [1.165, 1.54) is 30.1 Å². The predicted molar refractivity (Wildman–Crippen MR) is 81.6 cm³/mol. The molecule has 0 unspecified atom stereocenters. The average Bonchev–Trinajstić information content (AvgIpc) is 2.54. The number of hydrazone groups is 1. The number of nitro benzene ring substituents is 1. The van der Waals surface area contributed by atoms with Gasteiger partial charge in [-0.25, -0.2) is 15.4 Å². The number of hydrogen-bond acceptors (Lipinski definition) is 7. The first-order valence-corrected chi connectivity index (χ1v) is 7.10. The summed E-state index contributed by atoms with van der Waals surface area (Å²) in [6, 6.07) is 7.51. The molecular weight excluding hydrogens is 306 g/mol. The fourth-order valence-corrected chi connectivity index (χ4v) is 1.98. The first kappa shape index (κ1) is 15.6. The van der Waals surface area contributed by atoms with Crippen molar-refractivity contribution in [3.05, 3.63) is 58.4 Å². The Kier molecular flexibility index (Phi) is 5.55. The van der Waals surface area contributed by atoms with E-state index in [0.29, 0.717) is 10.7 Å². The molecule has 0 atom stereocenters. The highest BCUT2D eigenvalue weighted by Gasteiger charge is 2.04. The van der Waals surface area contributed by atoms with Crippen LogP contribution in [0.3, 0.4) is 0 Å². The van der Waals surface area contributed by atoms with Crippen molar-refractivity contribution in [2.45, 2.75) is 5.16 Å². The van der Waals surface area contributed by atoms with Gasteiger partial charge in [0.2, 0.25) is 0 Å². The zero-order valence-corrected chi connectivity index (χ0v) is 12.1. The number of non-ortho nitro benzene ring substituents is 1. The molecule has 1 amide bonds. The quantitative estimate of drug-likeness (QED) is 0.285. The minimum atomic E-state index is -0.481. The van der Waals surface area contributed by atoms with E-state index in [2.05, 4.69) is 20.5 Å². The van der Waals surface area contributed by atoms with Crippen molar-refractivity contribution in [2.75, 3.05) is 5.75 Å². The smallest absolute Gasteiger partial charge is 0.269 e. The van der Waals surface area contributed by atoms with Gasteiger partial charge in [0.15, 0.2) is 5.16 Å². The van der Waals surface area contributed by atoms with E-state index in [4.69, 9.17) is 0 Å². The van der Waals surface area contributed by atoms with Gasteiger partial charge in [-0.05, 0) is 23.8 Å². The molecule has 0 spiro atoms. The number of benzene rings is 1. The topological polar surface area (TPSA) is 110 Å². The van der Waals surface area contributed by atoms with Gasteiger partial charge in [0, 0.05) is 24.5 Å². The second kappa shape index (κ2) is 7.84. The van der Waals surface area contributed by atoms with E-state index < -0.39 is 4.92 Å². The molecule has 0 aliphatic rings. The van der Waals surface area contributed by atoms with Gasteiger partial charge in [-0.2, -0.15) is 5.10 Å². The average molecular weight is 317 g/mol. The summed E-state index contributed by atoms with van der Waals surface area (Å²) in [6.07, 6.45) is 4.60. The van der Waals surface area contributed by atoms with E-state index in [1.54, 1.807) is 30.6 Å². The number of nitrogens with zero attached hydrogens (tertiary/aromatic N) is 4. The molecule has 2 aromatic rings. The molecular formula is C13H11N5O3S. The Morgan fingerprint density at radius 1 is 1.32 bits per heavy atom. The molecule has 0 saturated heterocycles. The van der Waals surface area contributed by atoms with Crippen LogP contribution >= 0.6 is 11.8 Å². The van der Waals surface area contributed by atoms with Crippen LogP contribution in [-0.4, -0.2) is 32.8 Å². The molecule has 9 heteroatoms. The Labute approximate surface area is 129 Å². The molecule has 8 nitrogen and oxygen atoms in total. The van der Waals surface area contributed by atoms with Crippen molar-refractivity contribution in [3.63, 3.8) is 0 Å². The van der Waals surface area contributed by atoms with Gasteiger partial charge < -0.3 is 0 Å². The fraction of sp³-hybridized carbons (Fsp3) is 0.0769. The lowest BCUT2D eigenvalue weighted by Gasteiger charge is -1.99. The molecule has 1 aromatic heterocycles. The molecule has 0 saturated carbocycles. The number of nitrogens with one attached hydrogen (secondary N) is 1. The van der Waals surface area contributed by atoms with Crippen LogP contribution in [0.1, 0.15) is 5.56 Å². The normalized spacial score (nSPS) is 10.5. The van der Waals surface area contributed by atoms with Crippen molar-refractivity contribution < 1.29 is 9.72 Å². The predicted octanol–water partition coefficient (Wildman–Crippen LogP) is 1.63. The third-order valence-electron chi connectivity index (χ3n) is 2.38. The van der Waals surface area contributed by atoms with Gasteiger partial charge in [0.1, 0.15) is 0 Å². The number of thioether (sulfide) groups is 1. The summed E-state index contributed by atoms with van der Waals surface area (Å²) in [5, 5.41) is 14.8. The van der Waals surface area contributed by atoms with Crippen molar-refractivity contribution in [3.8, 4) is 0 Å². The Hall–Kier alpha value is -2.81. The molecule has 0 aliphatic heterocycles. The molecule has 1 heterocycles. The maximum absolute atomic E-state index is 11.6. The summed E-state index contributed by atoms with van der Waals surface area (Å²) < 4.78 is 0. The third kappa shape index (κ3) is 4.94. The largest absolute Gasteiger partial charge is 0.272 e. The Bertz CT molecular complexity index is 676. The Morgan fingerprint density at radius 2 is 2.00 bits per heavy atom. The lowest BCUT2D eigenvalue weighted by Crippen LogP contribution is -2.19. The summed E-state index contributed by atoms with van der Waals surface area (Å²) >= 11 is 1.20. The summed E-state index contributed by atoms with van der Waals surface area (Å²) in [7, 11) is 0. The second-order valence-corrected chi connectivity index (χ2v) is 4.90. The van der Waals surface area contributed by atoms with Crippen LogP contribution in [0.25, 0.3) is 0 Å². The van der Waals surface area contributed by atoms with Crippen LogP contribution in [0.15, 0.2) is 53.0 Å². The van der Waals surface area contributed by atoms with Crippen LogP contribution in [0.4, 0.5) is 5.69 Å². The molecule has 0 fully saturated rings. The molecule has 1 aromatic carbocycles. The number of amides is 1. The first-order valence-electron chi connectivity index (χ1n) is 6.11. The van der Waals surface area contributed by atoms with Crippen molar-refractivity contribution in [1.82, 2.24) is 15.4 Å². The Morgan fingerprint density at radius 3 is 2.64 bits per heavy atom. The van der Waals surface area contributed by atoms with Gasteiger partial charge in [0.25, 0.3) is 11.6 Å². The third-order valence-corrected chi connectivity index (χ3v) is 3.26. The SMILES string of the molecule is O=C(CSc1ncccn1)N/N=C/c1ccc([N+](=O)[O-])cc1. The van der Waals surface area contributed by atoms with Crippen molar-refractivity contribution in [2.24, 2.45) is 5.10 Å². The lowest BCUT2D eigenvalue weighted by molar-refractivity contribution is -0.384. The maximum Gasteiger partial charge on any atom is 0.269 e. The van der Waals surface area contributed by atoms with Crippen LogP contribution < -0.4 is 5.43 Å². The first-order chi connectivity index (χ1) is 10.6. The number of aromatic nitrogens is 2. The summed E-state index contributed by atoms with van der Waals surface area (Å²) in [5.74, 6) is -0.155. The Balaban J connectivity index is 1.79. The molecule has 0 radical (unpaired) electrons. The summed E-state index contributed by atoms with van der Waals surface area (Å²) in [6.45, 7) is 0. The van der Waals surface area contributed by atoms with Crippen LogP contribution in [0, 0.1) is 10.1 Å². The maximum atomic E-state index is 11.6. The van der Waals surface area contributed by atoms with E-state index in [-0.39, 0.29) is 17.3 Å². The summed E-state index contributed by atoms with van der Waals surface area (Å²) in [4.78, 5) is 29.5. The zero-order chi connectivity index (χ0) is 15.8. The number of hydrogen-bond donors (Lipinski definition) is 1. The van der Waals surface area contributed by atoms with Crippen LogP contribution in [-0.2, 0) is 4.79 Å². The van der Waals surface area contributed by atoms with Crippen LogP contribution in [0.5, 0.6) is 0 Å². The van der Waals surface area contributed by atoms with E-state index >= 15 is 0 Å². The number of rotatable bonds is 6. The lowest BCUT2D eigenvalue weighted by atomic mass is 10.2. The van der Waals surface area contributed by atoms with Gasteiger partial charge in [-0.1, -0.05) is 11.8 Å². The standard InChI is InChI=1S/C13H11N5O3S/c19-12(9-22-13-14-6-1-7-15-13)17-16-8-10-2-4-11(5-3-10)18(20)21/h1-8H,9H2,(H,17,19)/b16-8+. The second-order valence-electron chi connectivity index (χ2n) is 3.96. The molecule has 1 N–H and O–H groups in total. The highest BCUT2D eigenvalue weighted by Crippen LogP contribution is 2.11. The van der Waals surface area contributed by atoms with E-state index in [9.17, 15) is 14.9 Å². The number of carbonyl (C=O) groups is 1. The van der Waals surface area contributed by atoms with E-state index in [1.807, 2.05) is 0 Å². The zero-order valence-electron chi connectivity index (χ0n) is 11.2. The van der Waals surface area contributed by atoms with Gasteiger partial charge in [-0.15, -0.1) is 0 Å². The molecule has 0 aliphatic carbocycles. The van der Waals surface area contributed by atoms with Crippen LogP contribution in [0.2, 0.25) is 0 Å². The fourth-order valence-electron chi connectivity index (χ4n) is 1.38. The highest BCUT2D eigenvalue weighted by molar-refractivity contribution is 7.99. The van der Waals surface area contributed by atoms with Crippen molar-refractivity contribution >= 4 is 29.6 Å². The molecule has 0 bridgehead atoms. The number of carbonyl (C=O) groups excluding carboxylic acids is 1. The minimum Gasteiger partial charge on any atom is -0.272 e. The van der Waals surface area contributed by atoms with Gasteiger partial charge in [-0.3, -0.25) is 14.9 Å². The summed E-state index contributed by atoms with van der Waals surface area (Å²) in [5.41, 5.74) is 3.00. The van der Waals surface area contributed by atoms with E-state index in [0.717, 1.165) is 0 Å². The minimum absolute atomic E-state index is 0.000414. The number of nitro groups is 1.